The van der Waals surface area contributed by atoms with Crippen molar-refractivity contribution in [2.45, 2.75) is 58.2 Å². The van der Waals surface area contributed by atoms with E-state index in [0.29, 0.717) is 27.7 Å². The van der Waals surface area contributed by atoms with Crippen molar-refractivity contribution in [2.24, 2.45) is 0 Å². The number of hydrogen-bond acceptors (Lipinski definition) is 7. The lowest BCUT2D eigenvalue weighted by molar-refractivity contribution is -0.165. The van der Waals surface area contributed by atoms with Crippen molar-refractivity contribution >= 4 is 57.8 Å². The quantitative estimate of drug-likeness (QED) is 0.393. The van der Waals surface area contributed by atoms with E-state index in [4.69, 9.17) is 53.8 Å². The Labute approximate surface area is 194 Å². The zero-order valence-electron chi connectivity index (χ0n) is 17.3. The first kappa shape index (κ1) is 24.1. The number of imidazole rings is 1. The Morgan fingerprint density at radius 3 is 2.39 bits per heavy atom. The summed E-state index contributed by atoms with van der Waals surface area (Å²) in [5, 5.41) is 0.689. The lowest BCUT2D eigenvalue weighted by Gasteiger charge is -2.24. The number of unbranched alkanes of at least 4 members (excludes halogenated alkanes) is 1. The summed E-state index contributed by atoms with van der Waals surface area (Å²) in [7, 11) is 0. The van der Waals surface area contributed by atoms with Gasteiger partial charge in [-0.3, -0.25) is 14.2 Å². The zero-order valence-corrected chi connectivity index (χ0v) is 19.5. The van der Waals surface area contributed by atoms with Crippen LogP contribution in [0.15, 0.2) is 12.1 Å². The van der Waals surface area contributed by atoms with E-state index in [9.17, 15) is 9.59 Å². The molecule has 8 nitrogen and oxygen atoms in total. The average Bonchev–Trinajstić information content (AvgIpc) is 3.15. The number of rotatable bonds is 8. The molecule has 2 heterocycles. The van der Waals surface area contributed by atoms with E-state index in [-0.39, 0.29) is 11.9 Å². The molecule has 4 atom stereocenters. The second-order valence-corrected chi connectivity index (χ2v) is 8.30. The molecule has 0 amide bonds. The molecule has 0 unspecified atom stereocenters. The highest BCUT2D eigenvalue weighted by molar-refractivity contribution is 6.42. The molecule has 2 aromatic rings. The molecule has 0 saturated carbocycles. The fourth-order valence-corrected chi connectivity index (χ4v) is 4.04. The molecule has 0 bridgehead atoms. The van der Waals surface area contributed by atoms with Gasteiger partial charge in [0.2, 0.25) is 5.28 Å². The van der Waals surface area contributed by atoms with Crippen molar-refractivity contribution in [1.29, 1.82) is 0 Å². The lowest BCUT2D eigenvalue weighted by atomic mass is 10.1. The Hall–Kier alpha value is -1.58. The number of esters is 2. The van der Waals surface area contributed by atoms with Crippen LogP contribution in [0.25, 0.3) is 11.0 Å². The number of carbonyl (C=O) groups excluding carboxylic acids is 2. The first-order chi connectivity index (χ1) is 14.7. The monoisotopic (exact) mass is 492 g/mol. The maximum absolute atomic E-state index is 11.9. The number of benzene rings is 1. The summed E-state index contributed by atoms with van der Waals surface area (Å²) >= 11 is 18.7. The predicted octanol–water partition coefficient (Wildman–Crippen LogP) is 4.57. The van der Waals surface area contributed by atoms with E-state index in [1.807, 2.05) is 6.92 Å². The minimum absolute atomic E-state index is 0.0737. The van der Waals surface area contributed by atoms with E-state index in [1.54, 1.807) is 12.1 Å². The lowest BCUT2D eigenvalue weighted by Crippen LogP contribution is -2.40. The molecule has 170 valence electrons. The molecule has 1 saturated heterocycles. The average molecular weight is 494 g/mol. The van der Waals surface area contributed by atoms with Crippen LogP contribution < -0.4 is 0 Å². The van der Waals surface area contributed by atoms with Crippen molar-refractivity contribution in [1.82, 2.24) is 9.55 Å². The van der Waals surface area contributed by atoms with Gasteiger partial charge in [-0.2, -0.15) is 0 Å². The molecular weight excluding hydrogens is 471 g/mol. The van der Waals surface area contributed by atoms with E-state index in [0.717, 1.165) is 12.8 Å². The summed E-state index contributed by atoms with van der Waals surface area (Å²) in [6, 6.07) is 3.17. The summed E-state index contributed by atoms with van der Waals surface area (Å²) in [6.45, 7) is 5.25. The van der Waals surface area contributed by atoms with Crippen LogP contribution in [0.1, 0.15) is 39.8 Å². The molecule has 0 radical (unpaired) electrons. The van der Waals surface area contributed by atoms with Gasteiger partial charge in [0.15, 0.2) is 18.4 Å². The van der Waals surface area contributed by atoms with Gasteiger partial charge in [0.25, 0.3) is 0 Å². The summed E-state index contributed by atoms with van der Waals surface area (Å²) in [4.78, 5) is 27.9. The van der Waals surface area contributed by atoms with Crippen LogP contribution >= 0.6 is 34.8 Å². The van der Waals surface area contributed by atoms with Gasteiger partial charge in [0.05, 0.1) is 27.7 Å². The van der Waals surface area contributed by atoms with Crippen molar-refractivity contribution in [2.75, 3.05) is 13.2 Å². The standard InChI is InChI=1S/C20H23Cl3N2O6/c1-4-5-6-28-9-16-17(29-10(2)26)18(30-11(3)27)19(31-16)25-15-8-13(22)12(21)7-14(15)24-20(25)23/h7-8,16-19H,4-6,9H2,1-3H3/t16-,17-,18-,19-/m1/s1. The molecule has 0 N–H and O–H groups in total. The van der Waals surface area contributed by atoms with Crippen molar-refractivity contribution in [3.05, 3.63) is 27.5 Å². The minimum Gasteiger partial charge on any atom is -0.456 e. The van der Waals surface area contributed by atoms with E-state index in [2.05, 4.69) is 4.98 Å². The topological polar surface area (TPSA) is 88.9 Å². The van der Waals surface area contributed by atoms with Crippen LogP contribution in [-0.2, 0) is 28.5 Å². The fraction of sp³-hybridized carbons (Fsp3) is 0.550. The van der Waals surface area contributed by atoms with Gasteiger partial charge in [0, 0.05) is 20.5 Å². The predicted molar refractivity (Wildman–Crippen MR) is 116 cm³/mol. The SMILES string of the molecule is CCCCOC[C@H]1O[C@@H](n2c(Cl)nc3cc(Cl)c(Cl)cc32)[C@H](OC(C)=O)[C@@H]1OC(C)=O. The zero-order chi connectivity index (χ0) is 22.7. The minimum atomic E-state index is -0.981. The summed E-state index contributed by atoms with van der Waals surface area (Å²) in [6.07, 6.45) is -1.65. The normalized spacial score (nSPS) is 23.3. The highest BCUT2D eigenvalue weighted by Crippen LogP contribution is 2.39. The fourth-order valence-electron chi connectivity index (χ4n) is 3.45. The Bertz CT molecular complexity index is 966. The third kappa shape index (κ3) is 5.43. The third-order valence-electron chi connectivity index (χ3n) is 4.76. The molecular formula is C20H23Cl3N2O6. The van der Waals surface area contributed by atoms with Crippen LogP contribution in [-0.4, -0.2) is 53.0 Å². The number of aromatic nitrogens is 2. The smallest absolute Gasteiger partial charge is 0.303 e. The molecule has 11 heteroatoms. The van der Waals surface area contributed by atoms with Crippen LogP contribution in [0, 0.1) is 0 Å². The summed E-state index contributed by atoms with van der Waals surface area (Å²) < 4.78 is 24.4. The van der Waals surface area contributed by atoms with Crippen LogP contribution in [0.5, 0.6) is 0 Å². The van der Waals surface area contributed by atoms with Crippen LogP contribution in [0.2, 0.25) is 15.3 Å². The maximum Gasteiger partial charge on any atom is 0.303 e. The second-order valence-electron chi connectivity index (χ2n) is 7.15. The van der Waals surface area contributed by atoms with Gasteiger partial charge < -0.3 is 18.9 Å². The first-order valence-electron chi connectivity index (χ1n) is 9.83. The van der Waals surface area contributed by atoms with Gasteiger partial charge >= 0.3 is 11.9 Å². The summed E-state index contributed by atoms with van der Waals surface area (Å²) in [5.74, 6) is -1.11. The second kappa shape index (κ2) is 10.4. The number of nitrogens with zero attached hydrogens (tertiary/aromatic N) is 2. The molecule has 0 aliphatic carbocycles. The summed E-state index contributed by atoms with van der Waals surface area (Å²) in [5.41, 5.74) is 1.01. The molecule has 1 aliphatic heterocycles. The first-order valence-corrected chi connectivity index (χ1v) is 11.0. The highest BCUT2D eigenvalue weighted by atomic mass is 35.5. The Kier molecular flexibility index (Phi) is 8.04. The molecule has 1 aromatic carbocycles. The number of carbonyl (C=O) groups is 2. The van der Waals surface area contributed by atoms with Crippen LogP contribution in [0.4, 0.5) is 0 Å². The molecule has 3 rings (SSSR count). The van der Waals surface area contributed by atoms with Gasteiger partial charge in [-0.15, -0.1) is 0 Å². The molecule has 1 aromatic heterocycles. The van der Waals surface area contributed by atoms with E-state index < -0.39 is 36.5 Å². The number of fused-ring (bicyclic) bond motifs is 1. The third-order valence-corrected chi connectivity index (χ3v) is 5.75. The highest BCUT2D eigenvalue weighted by Gasteiger charge is 2.51. The number of hydrogen-bond donors (Lipinski definition) is 0. The molecule has 1 aliphatic rings. The Morgan fingerprint density at radius 1 is 1.10 bits per heavy atom. The van der Waals surface area contributed by atoms with E-state index in [1.165, 1.54) is 18.4 Å². The van der Waals surface area contributed by atoms with Gasteiger partial charge in [-0.25, -0.2) is 4.98 Å². The van der Waals surface area contributed by atoms with Crippen molar-refractivity contribution in [3.8, 4) is 0 Å². The molecule has 0 spiro atoms. The Morgan fingerprint density at radius 2 is 1.74 bits per heavy atom. The van der Waals surface area contributed by atoms with Gasteiger partial charge in [-0.05, 0) is 30.2 Å². The van der Waals surface area contributed by atoms with Gasteiger partial charge in [0.1, 0.15) is 6.10 Å². The molecule has 1 fully saturated rings. The van der Waals surface area contributed by atoms with Gasteiger partial charge in [-0.1, -0.05) is 36.5 Å². The largest absolute Gasteiger partial charge is 0.456 e. The van der Waals surface area contributed by atoms with Crippen molar-refractivity contribution in [3.63, 3.8) is 0 Å². The Balaban J connectivity index is 2.01. The number of halogens is 3. The molecule has 31 heavy (non-hydrogen) atoms. The van der Waals surface area contributed by atoms with E-state index >= 15 is 0 Å². The number of ether oxygens (including phenoxy) is 4. The van der Waals surface area contributed by atoms with Crippen molar-refractivity contribution < 1.29 is 28.5 Å². The maximum atomic E-state index is 11.9. The van der Waals surface area contributed by atoms with Crippen LogP contribution in [0.3, 0.4) is 0 Å².